The molecular formula is C13H14ClNO2. The van der Waals surface area contributed by atoms with Gasteiger partial charge in [-0.25, -0.2) is 0 Å². The molecule has 0 unspecified atom stereocenters. The van der Waals surface area contributed by atoms with Gasteiger partial charge in [-0.15, -0.1) is 11.6 Å². The van der Waals surface area contributed by atoms with Crippen molar-refractivity contribution >= 4 is 28.5 Å². The number of hydrogen-bond acceptors (Lipinski definition) is 2. The van der Waals surface area contributed by atoms with Crippen molar-refractivity contribution in [2.75, 3.05) is 0 Å². The molecule has 2 aromatic rings. The summed E-state index contributed by atoms with van der Waals surface area (Å²) in [6, 6.07) is 9.49. The molecule has 1 aromatic heterocycles. The maximum absolute atomic E-state index is 11.5. The van der Waals surface area contributed by atoms with E-state index in [2.05, 4.69) is 5.32 Å². The highest BCUT2D eigenvalue weighted by molar-refractivity contribution is 6.30. The highest BCUT2D eigenvalue weighted by atomic mass is 35.5. The Bertz CT molecular complexity index is 500. The average molecular weight is 252 g/mol. The molecule has 17 heavy (non-hydrogen) atoms. The Balaban J connectivity index is 2.19. The zero-order valence-corrected chi connectivity index (χ0v) is 10.5. The van der Waals surface area contributed by atoms with Crippen LogP contribution in [0.15, 0.2) is 34.7 Å². The number of amides is 1. The zero-order valence-electron chi connectivity index (χ0n) is 9.74. The third kappa shape index (κ3) is 2.61. The standard InChI is InChI=1S/C13H14ClNO2/c1-8(14)13(16)15-9(2)12-7-10-5-3-4-6-11(10)17-12/h3-9H,1-2H3,(H,15,16)/t8-,9-/m1/s1. The molecule has 1 aromatic carbocycles. The van der Waals surface area contributed by atoms with Gasteiger partial charge >= 0.3 is 0 Å². The number of carbonyl (C=O) groups is 1. The molecular weight excluding hydrogens is 238 g/mol. The Morgan fingerprint density at radius 2 is 2.06 bits per heavy atom. The molecule has 0 radical (unpaired) electrons. The second-order valence-electron chi connectivity index (χ2n) is 4.03. The molecule has 4 heteroatoms. The van der Waals surface area contributed by atoms with Gasteiger partial charge < -0.3 is 9.73 Å². The topological polar surface area (TPSA) is 42.2 Å². The number of furan rings is 1. The molecule has 0 saturated carbocycles. The van der Waals surface area contributed by atoms with E-state index >= 15 is 0 Å². The molecule has 2 rings (SSSR count). The smallest absolute Gasteiger partial charge is 0.238 e. The second kappa shape index (κ2) is 4.80. The second-order valence-corrected chi connectivity index (χ2v) is 4.69. The van der Waals surface area contributed by atoms with Crippen molar-refractivity contribution in [1.82, 2.24) is 5.32 Å². The van der Waals surface area contributed by atoms with E-state index in [9.17, 15) is 4.79 Å². The number of halogens is 1. The lowest BCUT2D eigenvalue weighted by molar-refractivity contribution is -0.121. The van der Waals surface area contributed by atoms with Gasteiger partial charge in [-0.3, -0.25) is 4.79 Å². The van der Waals surface area contributed by atoms with E-state index in [-0.39, 0.29) is 11.9 Å². The summed E-state index contributed by atoms with van der Waals surface area (Å²) in [4.78, 5) is 11.5. The minimum absolute atomic E-state index is 0.184. The number of alkyl halides is 1. The molecule has 3 nitrogen and oxygen atoms in total. The first-order valence-corrected chi connectivity index (χ1v) is 5.94. The van der Waals surface area contributed by atoms with Crippen LogP contribution in [0.4, 0.5) is 0 Å². The summed E-state index contributed by atoms with van der Waals surface area (Å²) < 4.78 is 5.65. The van der Waals surface area contributed by atoms with E-state index in [1.165, 1.54) is 0 Å². The Morgan fingerprint density at radius 3 is 2.71 bits per heavy atom. The number of hydrogen-bond donors (Lipinski definition) is 1. The monoisotopic (exact) mass is 251 g/mol. The van der Waals surface area contributed by atoms with Crippen LogP contribution in [0.3, 0.4) is 0 Å². The lowest BCUT2D eigenvalue weighted by Crippen LogP contribution is -2.31. The quantitative estimate of drug-likeness (QED) is 0.851. The van der Waals surface area contributed by atoms with Crippen molar-refractivity contribution in [3.05, 3.63) is 36.1 Å². The van der Waals surface area contributed by atoms with Crippen molar-refractivity contribution in [2.45, 2.75) is 25.3 Å². The molecule has 2 atom stereocenters. The molecule has 0 aliphatic carbocycles. The van der Waals surface area contributed by atoms with Gasteiger partial charge in [-0.1, -0.05) is 18.2 Å². The predicted molar refractivity (Wildman–Crippen MR) is 68.1 cm³/mol. The highest BCUT2D eigenvalue weighted by Crippen LogP contribution is 2.23. The van der Waals surface area contributed by atoms with Crippen LogP contribution in [0.5, 0.6) is 0 Å². The van der Waals surface area contributed by atoms with Crippen molar-refractivity contribution in [3.63, 3.8) is 0 Å². The zero-order chi connectivity index (χ0) is 12.4. The van der Waals surface area contributed by atoms with Crippen LogP contribution in [0.1, 0.15) is 25.6 Å². The number of nitrogens with one attached hydrogen (secondary N) is 1. The van der Waals surface area contributed by atoms with Crippen LogP contribution in [0, 0.1) is 0 Å². The molecule has 0 spiro atoms. The van der Waals surface area contributed by atoms with Gasteiger partial charge in [0.25, 0.3) is 0 Å². The largest absolute Gasteiger partial charge is 0.459 e. The van der Waals surface area contributed by atoms with Crippen LogP contribution in [0.2, 0.25) is 0 Å². The van der Waals surface area contributed by atoms with Crippen molar-refractivity contribution in [3.8, 4) is 0 Å². The summed E-state index contributed by atoms with van der Waals surface area (Å²) in [5.41, 5.74) is 0.822. The number of benzene rings is 1. The van der Waals surface area contributed by atoms with E-state index in [4.69, 9.17) is 16.0 Å². The first kappa shape index (κ1) is 12.0. The number of rotatable bonds is 3. The van der Waals surface area contributed by atoms with Crippen LogP contribution in [-0.2, 0) is 4.79 Å². The van der Waals surface area contributed by atoms with Crippen LogP contribution in [0.25, 0.3) is 11.0 Å². The van der Waals surface area contributed by atoms with Gasteiger partial charge in [0, 0.05) is 5.39 Å². The molecule has 0 aliphatic heterocycles. The molecule has 0 saturated heterocycles. The average Bonchev–Trinajstić information content (AvgIpc) is 2.72. The van der Waals surface area contributed by atoms with E-state index in [0.29, 0.717) is 0 Å². The lowest BCUT2D eigenvalue weighted by atomic mass is 10.2. The Morgan fingerprint density at radius 1 is 1.35 bits per heavy atom. The SMILES string of the molecule is C[C@@H](Cl)C(=O)N[C@H](C)c1cc2ccccc2o1. The Kier molecular flexibility index (Phi) is 3.38. The normalized spacial score (nSPS) is 14.5. The molecule has 1 N–H and O–H groups in total. The van der Waals surface area contributed by atoms with Gasteiger partial charge in [0.15, 0.2) is 0 Å². The summed E-state index contributed by atoms with van der Waals surface area (Å²) in [6.07, 6.45) is 0. The number of carbonyl (C=O) groups excluding carboxylic acids is 1. The third-order valence-corrected chi connectivity index (χ3v) is 2.79. The van der Waals surface area contributed by atoms with Crippen LogP contribution < -0.4 is 5.32 Å². The molecule has 1 heterocycles. The molecule has 0 bridgehead atoms. The maximum Gasteiger partial charge on any atom is 0.238 e. The summed E-state index contributed by atoms with van der Waals surface area (Å²) in [7, 11) is 0. The van der Waals surface area contributed by atoms with E-state index in [0.717, 1.165) is 16.7 Å². The minimum atomic E-state index is -0.540. The van der Waals surface area contributed by atoms with E-state index in [1.54, 1.807) is 6.92 Å². The van der Waals surface area contributed by atoms with Crippen molar-refractivity contribution < 1.29 is 9.21 Å². The lowest BCUT2D eigenvalue weighted by Gasteiger charge is -2.12. The van der Waals surface area contributed by atoms with Crippen LogP contribution >= 0.6 is 11.6 Å². The minimum Gasteiger partial charge on any atom is -0.459 e. The predicted octanol–water partition coefficient (Wildman–Crippen LogP) is 3.24. The summed E-state index contributed by atoms with van der Waals surface area (Å²) in [6.45, 7) is 3.51. The van der Waals surface area contributed by atoms with E-state index < -0.39 is 5.38 Å². The van der Waals surface area contributed by atoms with Gasteiger partial charge in [0.2, 0.25) is 5.91 Å². The molecule has 0 aliphatic rings. The fraction of sp³-hybridized carbons (Fsp3) is 0.308. The fourth-order valence-corrected chi connectivity index (χ4v) is 1.68. The van der Waals surface area contributed by atoms with Gasteiger partial charge in [-0.2, -0.15) is 0 Å². The first-order valence-electron chi connectivity index (χ1n) is 5.51. The summed E-state index contributed by atoms with van der Waals surface area (Å²) >= 11 is 5.70. The van der Waals surface area contributed by atoms with Crippen molar-refractivity contribution in [2.24, 2.45) is 0 Å². The van der Waals surface area contributed by atoms with Gasteiger partial charge in [-0.05, 0) is 26.0 Å². The summed E-state index contributed by atoms with van der Waals surface area (Å²) in [5, 5.41) is 3.28. The van der Waals surface area contributed by atoms with Crippen LogP contribution in [-0.4, -0.2) is 11.3 Å². The third-order valence-electron chi connectivity index (χ3n) is 2.59. The Labute approximate surface area is 105 Å². The number of para-hydroxylation sites is 1. The highest BCUT2D eigenvalue weighted by Gasteiger charge is 2.16. The Hall–Kier alpha value is -1.48. The molecule has 90 valence electrons. The van der Waals surface area contributed by atoms with E-state index in [1.807, 2.05) is 37.3 Å². The van der Waals surface area contributed by atoms with Crippen molar-refractivity contribution in [1.29, 1.82) is 0 Å². The fourth-order valence-electron chi connectivity index (χ4n) is 1.62. The molecule has 1 amide bonds. The van der Waals surface area contributed by atoms with Gasteiger partial charge in [0.05, 0.1) is 6.04 Å². The molecule has 0 fully saturated rings. The first-order chi connectivity index (χ1) is 8.08. The van der Waals surface area contributed by atoms with Gasteiger partial charge in [0.1, 0.15) is 16.7 Å². The summed E-state index contributed by atoms with van der Waals surface area (Å²) in [5.74, 6) is 0.538. The number of fused-ring (bicyclic) bond motifs is 1. The maximum atomic E-state index is 11.5.